The van der Waals surface area contributed by atoms with Gasteiger partial charge in [-0.1, -0.05) is 23.7 Å². The monoisotopic (exact) mass is 430 g/mol. The lowest BCUT2D eigenvalue weighted by Gasteiger charge is -2.13. The van der Waals surface area contributed by atoms with E-state index in [0.717, 1.165) is 17.8 Å². The molecule has 3 N–H and O–H groups in total. The first-order valence-electron chi connectivity index (χ1n) is 8.70. The van der Waals surface area contributed by atoms with E-state index in [2.05, 4.69) is 10.3 Å². The summed E-state index contributed by atoms with van der Waals surface area (Å²) in [5, 5.41) is 13.1. The number of carbonyl (C=O) groups excluding carboxylic acids is 1. The molecule has 1 atom stereocenters. The Labute approximate surface area is 175 Å². The average molecular weight is 431 g/mol. The Bertz CT molecular complexity index is 1060. The van der Waals surface area contributed by atoms with Gasteiger partial charge in [-0.3, -0.25) is 14.9 Å². The van der Waals surface area contributed by atoms with E-state index in [9.17, 15) is 19.3 Å². The van der Waals surface area contributed by atoms with Gasteiger partial charge in [0.25, 0.3) is 5.69 Å². The number of pyridine rings is 1. The minimum atomic E-state index is -0.836. The molecule has 0 bridgehead atoms. The van der Waals surface area contributed by atoms with Gasteiger partial charge in [0.05, 0.1) is 16.0 Å². The maximum atomic E-state index is 13.2. The molecule has 10 heteroatoms. The van der Waals surface area contributed by atoms with Gasteiger partial charge in [-0.05, 0) is 42.3 Å². The molecule has 0 spiro atoms. The molecular formula is C20H16ClFN4O4. The standard InChI is InChI=1S/C20H16ClFN4O4/c21-16-10-13(3-7-17(16)22)25-20(27)18(23)9-12-1-5-15(6-2-12)30-19-8-4-14(11-24-19)26(28)29/h1-8,10-11,18H,9,23H2,(H,25,27). The number of nitrogens with two attached hydrogens (primary N) is 1. The second-order valence-corrected chi connectivity index (χ2v) is 6.69. The highest BCUT2D eigenvalue weighted by Crippen LogP contribution is 2.22. The lowest BCUT2D eigenvalue weighted by atomic mass is 10.1. The van der Waals surface area contributed by atoms with Crippen molar-refractivity contribution in [2.45, 2.75) is 12.5 Å². The molecule has 0 fully saturated rings. The van der Waals surface area contributed by atoms with Crippen molar-refractivity contribution in [2.75, 3.05) is 5.32 Å². The number of hydrogen-bond acceptors (Lipinski definition) is 6. The Balaban J connectivity index is 1.56. The van der Waals surface area contributed by atoms with Crippen molar-refractivity contribution in [1.29, 1.82) is 0 Å². The molecule has 3 rings (SSSR count). The zero-order valence-electron chi connectivity index (χ0n) is 15.4. The fourth-order valence-corrected chi connectivity index (χ4v) is 2.69. The van der Waals surface area contributed by atoms with Crippen LogP contribution < -0.4 is 15.8 Å². The zero-order chi connectivity index (χ0) is 21.7. The van der Waals surface area contributed by atoms with Gasteiger partial charge < -0.3 is 15.8 Å². The highest BCUT2D eigenvalue weighted by atomic mass is 35.5. The molecule has 3 aromatic rings. The van der Waals surface area contributed by atoms with Crippen LogP contribution in [0.5, 0.6) is 11.6 Å². The molecule has 8 nitrogen and oxygen atoms in total. The minimum absolute atomic E-state index is 0.0977. The van der Waals surface area contributed by atoms with Crippen molar-refractivity contribution < 1.29 is 18.8 Å². The summed E-state index contributed by atoms with van der Waals surface area (Å²) in [6.07, 6.45) is 1.37. The first kappa shape index (κ1) is 21.2. The van der Waals surface area contributed by atoms with Crippen molar-refractivity contribution in [3.8, 4) is 11.6 Å². The number of carbonyl (C=O) groups is 1. The van der Waals surface area contributed by atoms with Gasteiger partial charge in [-0.25, -0.2) is 9.37 Å². The Morgan fingerprint density at radius 1 is 1.23 bits per heavy atom. The van der Waals surface area contributed by atoms with Gasteiger partial charge in [-0.2, -0.15) is 0 Å². The summed E-state index contributed by atoms with van der Waals surface area (Å²) in [4.78, 5) is 26.2. The lowest BCUT2D eigenvalue weighted by molar-refractivity contribution is -0.385. The van der Waals surface area contributed by atoms with E-state index < -0.39 is 22.7 Å². The smallest absolute Gasteiger partial charge is 0.287 e. The Morgan fingerprint density at radius 3 is 2.57 bits per heavy atom. The summed E-state index contributed by atoms with van der Waals surface area (Å²) in [5.41, 5.74) is 6.96. The Hall–Kier alpha value is -3.56. The fourth-order valence-electron chi connectivity index (χ4n) is 2.51. The summed E-state index contributed by atoms with van der Waals surface area (Å²) in [7, 11) is 0. The molecule has 0 saturated carbocycles. The zero-order valence-corrected chi connectivity index (χ0v) is 16.2. The van der Waals surface area contributed by atoms with Gasteiger partial charge >= 0.3 is 0 Å². The van der Waals surface area contributed by atoms with E-state index >= 15 is 0 Å². The molecule has 30 heavy (non-hydrogen) atoms. The molecule has 2 aromatic carbocycles. The molecule has 0 saturated heterocycles. The Morgan fingerprint density at radius 2 is 1.97 bits per heavy atom. The largest absolute Gasteiger partial charge is 0.439 e. The van der Waals surface area contributed by atoms with Crippen molar-refractivity contribution >= 4 is 28.9 Å². The predicted molar refractivity (Wildman–Crippen MR) is 109 cm³/mol. The molecule has 154 valence electrons. The summed E-state index contributed by atoms with van der Waals surface area (Å²) in [6, 6.07) is 12.5. The molecule has 0 aliphatic rings. The van der Waals surface area contributed by atoms with Crippen molar-refractivity contribution in [3.63, 3.8) is 0 Å². The number of hydrogen-bond donors (Lipinski definition) is 2. The van der Waals surface area contributed by atoms with Crippen molar-refractivity contribution in [3.05, 3.63) is 87.3 Å². The molecule has 0 aliphatic heterocycles. The number of anilines is 1. The highest BCUT2D eigenvalue weighted by Gasteiger charge is 2.15. The van der Waals surface area contributed by atoms with Crippen molar-refractivity contribution in [1.82, 2.24) is 4.98 Å². The SMILES string of the molecule is NC(Cc1ccc(Oc2ccc([N+](=O)[O-])cn2)cc1)C(=O)Nc1ccc(F)c(Cl)c1. The first-order valence-corrected chi connectivity index (χ1v) is 9.08. The van der Waals surface area contributed by atoms with Crippen LogP contribution in [-0.2, 0) is 11.2 Å². The second kappa shape index (κ2) is 9.29. The summed E-state index contributed by atoms with van der Waals surface area (Å²) in [6.45, 7) is 0. The first-order chi connectivity index (χ1) is 14.3. The molecule has 1 heterocycles. The number of aromatic nitrogens is 1. The molecule has 1 amide bonds. The molecule has 0 aliphatic carbocycles. The number of amides is 1. The highest BCUT2D eigenvalue weighted by molar-refractivity contribution is 6.31. The van der Waals surface area contributed by atoms with Crippen LogP contribution in [0.15, 0.2) is 60.8 Å². The number of nitrogens with one attached hydrogen (secondary N) is 1. The maximum Gasteiger partial charge on any atom is 0.287 e. The minimum Gasteiger partial charge on any atom is -0.439 e. The molecular weight excluding hydrogens is 415 g/mol. The topological polar surface area (TPSA) is 120 Å². The molecule has 1 aromatic heterocycles. The van der Waals surface area contributed by atoms with E-state index in [1.54, 1.807) is 24.3 Å². The lowest BCUT2D eigenvalue weighted by Crippen LogP contribution is -2.37. The van der Waals surface area contributed by atoms with Gasteiger partial charge in [0, 0.05) is 17.8 Å². The van der Waals surface area contributed by atoms with E-state index in [1.807, 2.05) is 0 Å². The summed E-state index contributed by atoms with van der Waals surface area (Å²) in [5.74, 6) is -0.334. The van der Waals surface area contributed by atoms with E-state index in [0.29, 0.717) is 11.4 Å². The van der Waals surface area contributed by atoms with Crippen LogP contribution in [0.1, 0.15) is 5.56 Å². The number of nitrogens with zero attached hydrogens (tertiary/aromatic N) is 2. The summed E-state index contributed by atoms with van der Waals surface area (Å²) < 4.78 is 18.7. The average Bonchev–Trinajstić information content (AvgIpc) is 2.72. The third-order valence-electron chi connectivity index (χ3n) is 4.06. The number of nitro groups is 1. The Kier molecular flexibility index (Phi) is 6.55. The van der Waals surface area contributed by atoms with E-state index in [4.69, 9.17) is 22.1 Å². The third-order valence-corrected chi connectivity index (χ3v) is 4.35. The number of benzene rings is 2. The maximum absolute atomic E-state index is 13.2. The third kappa shape index (κ3) is 5.49. The van der Waals surface area contributed by atoms with E-state index in [-0.39, 0.29) is 23.0 Å². The predicted octanol–water partition coefficient (Wildman–Crippen LogP) is 4.08. The van der Waals surface area contributed by atoms with Crippen LogP contribution in [0.25, 0.3) is 0 Å². The summed E-state index contributed by atoms with van der Waals surface area (Å²) >= 11 is 5.70. The van der Waals surface area contributed by atoms with E-state index in [1.165, 1.54) is 24.3 Å². The van der Waals surface area contributed by atoms with Gasteiger partial charge in [0.1, 0.15) is 17.8 Å². The van der Waals surface area contributed by atoms with Crippen LogP contribution in [0.3, 0.4) is 0 Å². The normalized spacial score (nSPS) is 11.6. The van der Waals surface area contributed by atoms with Crippen LogP contribution in [0.4, 0.5) is 15.8 Å². The quantitative estimate of drug-likeness (QED) is 0.430. The number of halogens is 2. The molecule has 1 unspecified atom stereocenters. The second-order valence-electron chi connectivity index (χ2n) is 6.29. The van der Waals surface area contributed by atoms with Crippen LogP contribution in [0, 0.1) is 15.9 Å². The fraction of sp³-hybridized carbons (Fsp3) is 0.100. The van der Waals surface area contributed by atoms with Crippen molar-refractivity contribution in [2.24, 2.45) is 5.73 Å². The van der Waals surface area contributed by atoms with Gasteiger partial charge in [0.15, 0.2) is 0 Å². The number of rotatable bonds is 7. The molecule has 0 radical (unpaired) electrons. The van der Waals surface area contributed by atoms with Gasteiger partial charge in [-0.15, -0.1) is 0 Å². The number of ether oxygens (including phenoxy) is 1. The van der Waals surface area contributed by atoms with Crippen LogP contribution in [0.2, 0.25) is 5.02 Å². The van der Waals surface area contributed by atoms with Crippen LogP contribution in [-0.4, -0.2) is 21.9 Å². The van der Waals surface area contributed by atoms with Crippen LogP contribution >= 0.6 is 11.6 Å². The van der Waals surface area contributed by atoms with Gasteiger partial charge in [0.2, 0.25) is 11.8 Å².